The Morgan fingerprint density at radius 1 is 0.754 bits per heavy atom. The van der Waals surface area contributed by atoms with Crippen LogP contribution in [0.3, 0.4) is 0 Å². The van der Waals surface area contributed by atoms with E-state index in [1.165, 1.54) is 25.7 Å². The van der Waals surface area contributed by atoms with Gasteiger partial charge in [-0.25, -0.2) is 0 Å². The van der Waals surface area contributed by atoms with E-state index in [-0.39, 0.29) is 87.6 Å². The van der Waals surface area contributed by atoms with Gasteiger partial charge in [0.15, 0.2) is 0 Å². The first kappa shape index (κ1) is 55.5. The number of rotatable bonds is 33. The quantitative estimate of drug-likeness (QED) is 0.0238. The number of unbranched alkanes of at least 4 members (excludes halogenated alkanes) is 1. The van der Waals surface area contributed by atoms with Gasteiger partial charge >= 0.3 is 5.97 Å². The Morgan fingerprint density at radius 3 is 2.03 bits per heavy atom. The van der Waals surface area contributed by atoms with Gasteiger partial charge in [-0.05, 0) is 79.4 Å². The van der Waals surface area contributed by atoms with Gasteiger partial charge in [-0.1, -0.05) is 84.6 Å². The zero-order chi connectivity index (χ0) is 47.6. The second-order valence-corrected chi connectivity index (χ2v) is 18.6. The molecule has 1 saturated carbocycles. The summed E-state index contributed by atoms with van der Waals surface area (Å²) in [6, 6.07) is 3.95. The van der Waals surface area contributed by atoms with Gasteiger partial charge in [0.1, 0.15) is 11.5 Å². The first-order valence-corrected chi connectivity index (χ1v) is 24.4. The van der Waals surface area contributed by atoms with Gasteiger partial charge in [-0.3, -0.25) is 23.9 Å². The highest BCUT2D eigenvalue weighted by atomic mass is 16.5. The number of benzene rings is 1. The SMILES string of the molecule is CC(C)C(=O)NCCCCc1cn(CCCC(=O)CCC(=O)Oc2c(C(C)C)cc(CCC(=O)NCC(O)COCCOCC(O)CNCC(O)C3CCCCCC3)cc2C(C)C)nn1. The first-order chi connectivity index (χ1) is 31.1. The summed E-state index contributed by atoms with van der Waals surface area (Å²) in [4.78, 5) is 50.3. The van der Waals surface area contributed by atoms with Crippen LogP contribution in [-0.4, -0.2) is 125 Å². The van der Waals surface area contributed by atoms with Crippen molar-refractivity contribution in [1.82, 2.24) is 30.9 Å². The number of nitrogens with one attached hydrogen (secondary N) is 3. The molecule has 368 valence electrons. The molecule has 1 heterocycles. The largest absolute Gasteiger partial charge is 0.426 e. The number of aromatic nitrogens is 3. The lowest BCUT2D eigenvalue weighted by atomic mass is 9.90. The molecule has 3 atom stereocenters. The van der Waals surface area contributed by atoms with Crippen molar-refractivity contribution in [3.63, 3.8) is 0 Å². The molecule has 1 aromatic carbocycles. The number of aryl methyl sites for hydroxylation is 3. The lowest BCUT2D eigenvalue weighted by molar-refractivity contribution is -0.136. The number of aliphatic hydroxyl groups is 3. The topological polar surface area (TPSA) is 223 Å². The van der Waals surface area contributed by atoms with Crippen molar-refractivity contribution < 1.29 is 48.7 Å². The molecule has 2 amide bonds. The molecule has 0 saturated heterocycles. The van der Waals surface area contributed by atoms with E-state index in [1.807, 2.05) is 59.9 Å². The number of aliphatic hydroxyl groups excluding tert-OH is 3. The summed E-state index contributed by atoms with van der Waals surface area (Å²) < 4.78 is 18.7. The molecule has 0 aliphatic heterocycles. The number of Topliss-reactive ketones (excluding diaryl/α,β-unsaturated/α-hetero) is 1. The fourth-order valence-corrected chi connectivity index (χ4v) is 7.75. The van der Waals surface area contributed by atoms with Crippen LogP contribution >= 0.6 is 0 Å². The molecule has 3 rings (SSSR count). The van der Waals surface area contributed by atoms with Gasteiger partial charge in [-0.15, -0.1) is 5.10 Å². The molecule has 0 radical (unpaired) electrons. The maximum Gasteiger partial charge on any atom is 0.311 e. The lowest BCUT2D eigenvalue weighted by Crippen LogP contribution is -2.38. The Labute approximate surface area is 387 Å². The van der Waals surface area contributed by atoms with E-state index in [0.29, 0.717) is 57.1 Å². The second-order valence-electron chi connectivity index (χ2n) is 18.6. The molecule has 65 heavy (non-hydrogen) atoms. The number of carbonyl (C=O) groups is 4. The molecule has 3 unspecified atom stereocenters. The van der Waals surface area contributed by atoms with Crippen LogP contribution < -0.4 is 20.7 Å². The van der Waals surface area contributed by atoms with Crippen LogP contribution in [0.15, 0.2) is 18.3 Å². The van der Waals surface area contributed by atoms with E-state index in [9.17, 15) is 34.5 Å². The molecule has 1 aromatic heterocycles. The van der Waals surface area contributed by atoms with Gasteiger partial charge in [0, 0.05) is 64.1 Å². The minimum absolute atomic E-state index is 0.0201. The predicted octanol–water partition coefficient (Wildman–Crippen LogP) is 5.08. The summed E-state index contributed by atoms with van der Waals surface area (Å²) >= 11 is 0. The Hall–Kier alpha value is -3.80. The molecule has 1 fully saturated rings. The van der Waals surface area contributed by atoms with Gasteiger partial charge in [0.2, 0.25) is 11.8 Å². The summed E-state index contributed by atoms with van der Waals surface area (Å²) in [5, 5.41) is 48.3. The summed E-state index contributed by atoms with van der Waals surface area (Å²) in [6.45, 7) is 14.5. The minimum atomic E-state index is -0.898. The zero-order valence-electron chi connectivity index (χ0n) is 40.3. The van der Waals surface area contributed by atoms with Crippen LogP contribution in [0.25, 0.3) is 0 Å². The maximum absolute atomic E-state index is 13.1. The molecular formula is C49H82N6O10. The highest BCUT2D eigenvalue weighted by molar-refractivity contribution is 5.84. The highest BCUT2D eigenvalue weighted by Gasteiger charge is 2.23. The average molecular weight is 915 g/mol. The van der Waals surface area contributed by atoms with Crippen LogP contribution in [0.4, 0.5) is 0 Å². The van der Waals surface area contributed by atoms with Crippen molar-refractivity contribution in [3.05, 3.63) is 40.7 Å². The third-order valence-corrected chi connectivity index (χ3v) is 11.7. The van der Waals surface area contributed by atoms with Gasteiger partial charge < -0.3 is 45.5 Å². The minimum Gasteiger partial charge on any atom is -0.426 e. The molecule has 16 nitrogen and oxygen atoms in total. The van der Waals surface area contributed by atoms with Crippen molar-refractivity contribution in [1.29, 1.82) is 0 Å². The van der Waals surface area contributed by atoms with Gasteiger partial charge in [-0.2, -0.15) is 0 Å². The number of hydrogen-bond acceptors (Lipinski definition) is 13. The third kappa shape index (κ3) is 23.0. The molecule has 6 N–H and O–H groups in total. The van der Waals surface area contributed by atoms with E-state index in [1.54, 1.807) is 4.68 Å². The molecule has 16 heteroatoms. The summed E-state index contributed by atoms with van der Waals surface area (Å²) in [7, 11) is 0. The summed E-state index contributed by atoms with van der Waals surface area (Å²) in [5.74, 6) is 0.234. The molecule has 1 aliphatic rings. The van der Waals surface area contributed by atoms with Gasteiger partial charge in [0.25, 0.3) is 0 Å². The lowest BCUT2D eigenvalue weighted by Gasteiger charge is -2.22. The molecular weight excluding hydrogens is 833 g/mol. The standard InChI is InChI=1S/C49H82N6O10/c1-34(2)43-26-37(18-20-46(60)52-29-42(58)33-64-25-24-63-32-41(57)28-50-30-45(59)38-14-9-7-8-10-15-38)27-44(35(3)4)48(43)65-47(61)21-19-40(56)17-13-23-55-31-39(53-54-55)16-11-12-22-51-49(62)36(5)6/h26-27,31,34-36,38,41-42,45,50,57-59H,7-25,28-30,32-33H2,1-6H3,(H,51,62)(H,52,60). The van der Waals surface area contributed by atoms with Crippen molar-refractivity contribution in [2.24, 2.45) is 11.8 Å². The number of ketones is 1. The van der Waals surface area contributed by atoms with Crippen molar-refractivity contribution in [2.75, 3.05) is 52.6 Å². The smallest absolute Gasteiger partial charge is 0.311 e. The molecule has 1 aliphatic carbocycles. The van der Waals surface area contributed by atoms with E-state index >= 15 is 0 Å². The van der Waals surface area contributed by atoms with Crippen LogP contribution in [0, 0.1) is 11.8 Å². The highest BCUT2D eigenvalue weighted by Crippen LogP contribution is 2.37. The van der Waals surface area contributed by atoms with E-state index in [4.69, 9.17) is 14.2 Å². The Kier molecular flexibility index (Phi) is 26.7. The maximum atomic E-state index is 13.1. The Morgan fingerprint density at radius 2 is 1.40 bits per heavy atom. The summed E-state index contributed by atoms with van der Waals surface area (Å²) in [6.07, 6.45) is 10.9. The normalized spacial score (nSPS) is 15.0. The first-order valence-electron chi connectivity index (χ1n) is 24.4. The Bertz CT molecular complexity index is 1660. The van der Waals surface area contributed by atoms with Crippen LogP contribution in [-0.2, 0) is 48.0 Å². The van der Waals surface area contributed by atoms with E-state index in [2.05, 4.69) is 26.3 Å². The fourth-order valence-electron chi connectivity index (χ4n) is 7.75. The third-order valence-electron chi connectivity index (χ3n) is 11.7. The van der Waals surface area contributed by atoms with Crippen LogP contribution in [0.2, 0.25) is 0 Å². The average Bonchev–Trinajstić information content (AvgIpc) is 3.53. The number of ether oxygens (including phenoxy) is 3. The second kappa shape index (κ2) is 31.2. The Balaban J connectivity index is 1.31. The van der Waals surface area contributed by atoms with Gasteiger partial charge in [0.05, 0.1) is 56.9 Å². The number of hydrogen-bond donors (Lipinski definition) is 6. The molecule has 0 bridgehead atoms. The van der Waals surface area contributed by atoms with Crippen LogP contribution in [0.5, 0.6) is 5.75 Å². The monoisotopic (exact) mass is 915 g/mol. The number of amides is 2. The van der Waals surface area contributed by atoms with Crippen molar-refractivity contribution >= 4 is 23.6 Å². The number of carbonyl (C=O) groups excluding carboxylic acids is 4. The molecule has 0 spiro atoms. The number of nitrogens with zero attached hydrogens (tertiary/aromatic N) is 3. The van der Waals surface area contributed by atoms with Crippen molar-refractivity contribution in [2.45, 2.75) is 175 Å². The van der Waals surface area contributed by atoms with Crippen molar-refractivity contribution in [3.8, 4) is 5.75 Å². The molecule has 2 aromatic rings. The fraction of sp³-hybridized carbons (Fsp3) is 0.755. The number of esters is 1. The van der Waals surface area contributed by atoms with E-state index in [0.717, 1.165) is 54.5 Å². The predicted molar refractivity (Wildman–Crippen MR) is 250 cm³/mol. The summed E-state index contributed by atoms with van der Waals surface area (Å²) in [5.41, 5.74) is 3.53. The van der Waals surface area contributed by atoms with Crippen LogP contribution in [0.1, 0.15) is 159 Å². The zero-order valence-corrected chi connectivity index (χ0v) is 40.3. The van der Waals surface area contributed by atoms with E-state index < -0.39 is 24.3 Å².